The second kappa shape index (κ2) is 4.52. The molecule has 11 heavy (non-hydrogen) atoms. The van der Waals surface area contributed by atoms with Crippen molar-refractivity contribution in [3.63, 3.8) is 0 Å². The molecule has 0 saturated heterocycles. The SMILES string of the molecule is CSC(=S)Cc1ccccc1. The maximum absolute atomic E-state index is 5.10. The van der Waals surface area contributed by atoms with Crippen LogP contribution in [0.1, 0.15) is 5.56 Å². The van der Waals surface area contributed by atoms with Gasteiger partial charge in [-0.2, -0.15) is 0 Å². The Labute approximate surface area is 77.0 Å². The molecule has 1 rings (SSSR count). The van der Waals surface area contributed by atoms with Crippen LogP contribution in [-0.4, -0.2) is 10.5 Å². The van der Waals surface area contributed by atoms with Gasteiger partial charge in [-0.25, -0.2) is 0 Å². The topological polar surface area (TPSA) is 0 Å². The van der Waals surface area contributed by atoms with Gasteiger partial charge in [-0.3, -0.25) is 0 Å². The van der Waals surface area contributed by atoms with Gasteiger partial charge in [0, 0.05) is 6.42 Å². The Bertz CT molecular complexity index is 229. The van der Waals surface area contributed by atoms with E-state index in [1.807, 2.05) is 24.5 Å². The van der Waals surface area contributed by atoms with E-state index in [-0.39, 0.29) is 0 Å². The van der Waals surface area contributed by atoms with E-state index in [4.69, 9.17) is 12.2 Å². The zero-order chi connectivity index (χ0) is 8.10. The minimum absolute atomic E-state index is 0.914. The Kier molecular flexibility index (Phi) is 3.60. The van der Waals surface area contributed by atoms with Crippen LogP contribution in [-0.2, 0) is 6.42 Å². The van der Waals surface area contributed by atoms with Crippen molar-refractivity contribution in [3.8, 4) is 0 Å². The summed E-state index contributed by atoms with van der Waals surface area (Å²) >= 11 is 6.75. The first kappa shape index (κ1) is 8.75. The van der Waals surface area contributed by atoms with Crippen LogP contribution in [0.4, 0.5) is 0 Å². The third-order valence-electron chi connectivity index (χ3n) is 1.42. The van der Waals surface area contributed by atoms with Crippen LogP contribution >= 0.6 is 24.0 Å². The maximum Gasteiger partial charge on any atom is 0.0519 e. The fourth-order valence-corrected chi connectivity index (χ4v) is 1.31. The third kappa shape index (κ3) is 3.04. The van der Waals surface area contributed by atoms with Crippen molar-refractivity contribution in [1.82, 2.24) is 0 Å². The Morgan fingerprint density at radius 2 is 2.00 bits per heavy atom. The minimum Gasteiger partial charge on any atom is -0.122 e. The lowest BCUT2D eigenvalue weighted by atomic mass is 10.2. The highest BCUT2D eigenvalue weighted by Crippen LogP contribution is 2.07. The zero-order valence-corrected chi connectivity index (χ0v) is 8.04. The summed E-state index contributed by atoms with van der Waals surface area (Å²) in [5.74, 6) is 0. The normalized spacial score (nSPS) is 9.55. The van der Waals surface area contributed by atoms with Gasteiger partial charge >= 0.3 is 0 Å². The van der Waals surface area contributed by atoms with E-state index < -0.39 is 0 Å². The van der Waals surface area contributed by atoms with Crippen molar-refractivity contribution in [2.24, 2.45) is 0 Å². The number of benzene rings is 1. The lowest BCUT2D eigenvalue weighted by Crippen LogP contribution is -1.92. The standard InChI is InChI=1S/C9H10S2/c1-11-9(10)7-8-5-3-2-4-6-8/h2-6H,7H2,1H3. The molecule has 0 spiro atoms. The van der Waals surface area contributed by atoms with Crippen molar-refractivity contribution in [2.45, 2.75) is 6.42 Å². The van der Waals surface area contributed by atoms with E-state index in [2.05, 4.69) is 12.1 Å². The van der Waals surface area contributed by atoms with Crippen LogP contribution in [0.15, 0.2) is 30.3 Å². The minimum atomic E-state index is 0.914. The molecule has 58 valence electrons. The summed E-state index contributed by atoms with van der Waals surface area (Å²) in [4.78, 5) is 0. The smallest absolute Gasteiger partial charge is 0.0519 e. The zero-order valence-electron chi connectivity index (χ0n) is 6.41. The molecule has 0 aliphatic rings. The van der Waals surface area contributed by atoms with E-state index in [0.717, 1.165) is 10.6 Å². The van der Waals surface area contributed by atoms with Gasteiger partial charge in [0.1, 0.15) is 0 Å². The summed E-state index contributed by atoms with van der Waals surface area (Å²) in [5, 5.41) is 0. The number of rotatable bonds is 2. The van der Waals surface area contributed by atoms with Gasteiger partial charge in [0.15, 0.2) is 0 Å². The number of hydrogen-bond acceptors (Lipinski definition) is 2. The van der Waals surface area contributed by atoms with Gasteiger partial charge in [0.05, 0.1) is 4.20 Å². The summed E-state index contributed by atoms with van der Waals surface area (Å²) in [6.45, 7) is 0. The van der Waals surface area contributed by atoms with Crippen LogP contribution in [0, 0.1) is 0 Å². The summed E-state index contributed by atoms with van der Waals surface area (Å²) < 4.78 is 1.05. The lowest BCUT2D eigenvalue weighted by molar-refractivity contribution is 1.38. The van der Waals surface area contributed by atoms with Crippen LogP contribution < -0.4 is 0 Å². The molecule has 0 aliphatic carbocycles. The first-order chi connectivity index (χ1) is 5.33. The van der Waals surface area contributed by atoms with Gasteiger partial charge in [-0.15, -0.1) is 11.8 Å². The van der Waals surface area contributed by atoms with Crippen LogP contribution in [0.2, 0.25) is 0 Å². The third-order valence-corrected chi connectivity index (χ3v) is 2.66. The number of hydrogen-bond donors (Lipinski definition) is 0. The van der Waals surface area contributed by atoms with Gasteiger partial charge < -0.3 is 0 Å². The quantitative estimate of drug-likeness (QED) is 0.645. The second-order valence-corrected chi connectivity index (χ2v) is 3.89. The molecule has 1 aromatic rings. The summed E-state index contributed by atoms with van der Waals surface area (Å²) in [5.41, 5.74) is 1.30. The molecule has 0 aromatic heterocycles. The van der Waals surface area contributed by atoms with Crippen molar-refractivity contribution in [1.29, 1.82) is 0 Å². The van der Waals surface area contributed by atoms with Gasteiger partial charge in [0.2, 0.25) is 0 Å². The highest BCUT2D eigenvalue weighted by atomic mass is 32.2. The average Bonchev–Trinajstić information content (AvgIpc) is 2.06. The predicted octanol–water partition coefficient (Wildman–Crippen LogP) is 2.92. The summed E-state index contributed by atoms with van der Waals surface area (Å²) in [6.07, 6.45) is 2.93. The maximum atomic E-state index is 5.10. The molecule has 0 aliphatic heterocycles. The molecule has 0 unspecified atom stereocenters. The van der Waals surface area contributed by atoms with Crippen LogP contribution in [0.3, 0.4) is 0 Å². The highest BCUT2D eigenvalue weighted by Gasteiger charge is 1.94. The molecule has 0 saturated carbocycles. The van der Waals surface area contributed by atoms with Crippen molar-refractivity contribution >= 4 is 28.2 Å². The molecule has 0 bridgehead atoms. The molecular formula is C9H10S2. The lowest BCUT2D eigenvalue weighted by Gasteiger charge is -1.98. The van der Waals surface area contributed by atoms with Crippen molar-refractivity contribution in [3.05, 3.63) is 35.9 Å². The molecule has 0 atom stereocenters. The fraction of sp³-hybridized carbons (Fsp3) is 0.222. The predicted molar refractivity (Wildman–Crippen MR) is 56.3 cm³/mol. The Balaban J connectivity index is 2.58. The van der Waals surface area contributed by atoms with E-state index in [1.54, 1.807) is 11.8 Å². The van der Waals surface area contributed by atoms with E-state index in [1.165, 1.54) is 5.56 Å². The monoisotopic (exact) mass is 182 g/mol. The Morgan fingerprint density at radius 3 is 2.55 bits per heavy atom. The highest BCUT2D eigenvalue weighted by molar-refractivity contribution is 8.22. The first-order valence-electron chi connectivity index (χ1n) is 3.43. The number of thiocarbonyl (C=S) groups is 1. The summed E-state index contributed by atoms with van der Waals surface area (Å²) in [7, 11) is 0. The molecule has 0 amide bonds. The van der Waals surface area contributed by atoms with Crippen molar-refractivity contribution < 1.29 is 0 Å². The molecule has 0 heterocycles. The number of thioether (sulfide) groups is 1. The molecule has 1 aromatic carbocycles. The molecule has 2 heteroatoms. The molecule has 0 radical (unpaired) electrons. The molecule has 0 N–H and O–H groups in total. The Morgan fingerprint density at radius 1 is 1.36 bits per heavy atom. The van der Waals surface area contributed by atoms with Crippen LogP contribution in [0.25, 0.3) is 0 Å². The Hall–Kier alpha value is -0.340. The van der Waals surface area contributed by atoms with Gasteiger partial charge in [0.25, 0.3) is 0 Å². The molecule has 0 nitrogen and oxygen atoms in total. The second-order valence-electron chi connectivity index (χ2n) is 2.24. The molecule has 0 fully saturated rings. The fourth-order valence-electron chi connectivity index (χ4n) is 0.835. The van der Waals surface area contributed by atoms with E-state index in [0.29, 0.717) is 0 Å². The largest absolute Gasteiger partial charge is 0.122 e. The van der Waals surface area contributed by atoms with Gasteiger partial charge in [-0.05, 0) is 11.8 Å². The molecular weight excluding hydrogens is 172 g/mol. The summed E-state index contributed by atoms with van der Waals surface area (Å²) in [6, 6.07) is 10.3. The van der Waals surface area contributed by atoms with E-state index >= 15 is 0 Å². The van der Waals surface area contributed by atoms with Crippen LogP contribution in [0.5, 0.6) is 0 Å². The first-order valence-corrected chi connectivity index (χ1v) is 5.07. The average molecular weight is 182 g/mol. The van der Waals surface area contributed by atoms with Crippen molar-refractivity contribution in [2.75, 3.05) is 6.26 Å². The van der Waals surface area contributed by atoms with Gasteiger partial charge in [-0.1, -0.05) is 42.5 Å². The van der Waals surface area contributed by atoms with E-state index in [9.17, 15) is 0 Å².